The molecule has 1 aliphatic rings. The molecule has 1 amide bonds. The number of rotatable bonds is 5. The minimum Gasteiger partial charge on any atom is -0.456 e. The number of hydrogen-bond acceptors (Lipinski definition) is 4. The van der Waals surface area contributed by atoms with Gasteiger partial charge in [0.15, 0.2) is 0 Å². The Morgan fingerprint density at radius 3 is 2.77 bits per heavy atom. The van der Waals surface area contributed by atoms with Gasteiger partial charge in [0, 0.05) is 32.5 Å². The molecule has 0 bridgehead atoms. The number of para-hydroxylation sites is 1. The van der Waals surface area contributed by atoms with E-state index in [4.69, 9.17) is 16.3 Å². The van der Waals surface area contributed by atoms with Crippen molar-refractivity contribution in [3.05, 3.63) is 69.3 Å². The molecule has 1 saturated heterocycles. The molecule has 1 fully saturated rings. The zero-order chi connectivity index (χ0) is 18.5. The topological polar surface area (TPSA) is 67.4 Å². The molecule has 5 nitrogen and oxygen atoms in total. The molecule has 2 aromatic rings. The number of nitrogens with one attached hydrogen (secondary N) is 2. The molecule has 0 aromatic heterocycles. The molecule has 0 aliphatic carbocycles. The molecule has 1 heterocycles. The van der Waals surface area contributed by atoms with Crippen LogP contribution in [0.5, 0.6) is 0 Å². The number of benzene rings is 2. The highest BCUT2D eigenvalue weighted by Gasteiger charge is 2.33. The van der Waals surface area contributed by atoms with Crippen molar-refractivity contribution >= 4 is 57.4 Å². The third-order valence-electron chi connectivity index (χ3n) is 3.78. The molecule has 3 rings (SSSR count). The Bertz CT molecular complexity index is 842. The van der Waals surface area contributed by atoms with Crippen LogP contribution in [0.4, 0.5) is 11.4 Å². The Balaban J connectivity index is 1.57. The number of hydrogen-bond donors (Lipinski definition) is 2. The van der Waals surface area contributed by atoms with Crippen molar-refractivity contribution in [3.63, 3.8) is 0 Å². The lowest BCUT2D eigenvalue weighted by molar-refractivity contribution is -0.140. The first-order valence-corrected chi connectivity index (χ1v) is 9.43. The van der Waals surface area contributed by atoms with Gasteiger partial charge in [-0.15, -0.1) is 0 Å². The molecule has 2 atom stereocenters. The van der Waals surface area contributed by atoms with Gasteiger partial charge in [0.2, 0.25) is 5.91 Å². The zero-order valence-corrected chi connectivity index (χ0v) is 16.5. The third-order valence-corrected chi connectivity index (χ3v) is 4.96. The van der Waals surface area contributed by atoms with E-state index in [-0.39, 0.29) is 11.9 Å². The zero-order valence-electron chi connectivity index (χ0n) is 13.6. The molecule has 2 unspecified atom stereocenters. The van der Waals surface area contributed by atoms with Gasteiger partial charge in [0.05, 0.1) is 0 Å². The quantitative estimate of drug-likeness (QED) is 0.380. The fraction of sp³-hybridized carbons (Fsp3) is 0.158. The van der Waals surface area contributed by atoms with Gasteiger partial charge in [-0.1, -0.05) is 29.8 Å². The van der Waals surface area contributed by atoms with Crippen LogP contribution in [0.25, 0.3) is 0 Å². The average molecular weight is 483 g/mol. The van der Waals surface area contributed by atoms with E-state index in [9.17, 15) is 9.59 Å². The third kappa shape index (κ3) is 4.98. The number of cyclic esters (lactones) is 1. The summed E-state index contributed by atoms with van der Waals surface area (Å²) in [5.41, 5.74) is 1.49. The molecule has 26 heavy (non-hydrogen) atoms. The van der Waals surface area contributed by atoms with Crippen molar-refractivity contribution in [2.45, 2.75) is 18.6 Å². The van der Waals surface area contributed by atoms with E-state index < -0.39 is 12.1 Å². The lowest BCUT2D eigenvalue weighted by Crippen LogP contribution is -2.24. The fourth-order valence-electron chi connectivity index (χ4n) is 2.54. The molecule has 1 aliphatic heterocycles. The van der Waals surface area contributed by atoms with Gasteiger partial charge in [-0.05, 0) is 59.0 Å². The van der Waals surface area contributed by atoms with E-state index in [0.717, 1.165) is 9.26 Å². The number of anilines is 2. The number of ether oxygens (including phenoxy) is 1. The number of carbonyl (C=O) groups excluding carboxylic acids is 2. The summed E-state index contributed by atoms with van der Waals surface area (Å²) in [4.78, 5) is 24.0. The van der Waals surface area contributed by atoms with Gasteiger partial charge in [-0.2, -0.15) is 0 Å². The van der Waals surface area contributed by atoms with Crippen molar-refractivity contribution in [1.82, 2.24) is 0 Å². The average Bonchev–Trinajstić information content (AvgIpc) is 2.97. The van der Waals surface area contributed by atoms with E-state index in [1.807, 2.05) is 24.3 Å². The maximum Gasteiger partial charge on any atom is 0.329 e. The fourth-order valence-corrected chi connectivity index (χ4v) is 3.20. The maximum atomic E-state index is 12.1. The Morgan fingerprint density at radius 1 is 1.23 bits per heavy atom. The molecule has 0 spiro atoms. The van der Waals surface area contributed by atoms with E-state index in [0.29, 0.717) is 17.1 Å². The van der Waals surface area contributed by atoms with Gasteiger partial charge < -0.3 is 15.4 Å². The van der Waals surface area contributed by atoms with Gasteiger partial charge in [0.1, 0.15) is 12.1 Å². The van der Waals surface area contributed by atoms with Crippen LogP contribution < -0.4 is 10.6 Å². The number of amides is 1. The summed E-state index contributed by atoms with van der Waals surface area (Å²) < 4.78 is 6.27. The Hall–Kier alpha value is -2.06. The summed E-state index contributed by atoms with van der Waals surface area (Å²) in [6.07, 6.45) is 2.98. The van der Waals surface area contributed by atoms with Gasteiger partial charge >= 0.3 is 5.97 Å². The highest BCUT2D eigenvalue weighted by Crippen LogP contribution is 2.26. The van der Waals surface area contributed by atoms with E-state index in [2.05, 4.69) is 33.2 Å². The van der Waals surface area contributed by atoms with Crippen molar-refractivity contribution < 1.29 is 14.3 Å². The van der Waals surface area contributed by atoms with Crippen molar-refractivity contribution in [1.29, 1.82) is 0 Å². The molecule has 0 radical (unpaired) electrons. The highest BCUT2D eigenvalue weighted by molar-refractivity contribution is 14.1. The highest BCUT2D eigenvalue weighted by atomic mass is 127. The van der Waals surface area contributed by atoms with E-state index in [1.165, 1.54) is 6.08 Å². The van der Waals surface area contributed by atoms with Crippen LogP contribution in [-0.2, 0) is 14.3 Å². The van der Waals surface area contributed by atoms with Crippen LogP contribution in [0.1, 0.15) is 6.42 Å². The van der Waals surface area contributed by atoms with Crippen LogP contribution in [0.2, 0.25) is 5.02 Å². The number of halogens is 2. The lowest BCUT2D eigenvalue weighted by Gasteiger charge is -2.12. The van der Waals surface area contributed by atoms with Crippen LogP contribution in [0, 0.1) is 3.57 Å². The first-order valence-electron chi connectivity index (χ1n) is 7.97. The van der Waals surface area contributed by atoms with Gasteiger partial charge in [-0.25, -0.2) is 4.79 Å². The molecule has 2 N–H and O–H groups in total. The smallest absolute Gasteiger partial charge is 0.329 e. The Kier molecular flexibility index (Phi) is 6.16. The largest absolute Gasteiger partial charge is 0.456 e. The molecule has 134 valence electrons. The van der Waals surface area contributed by atoms with Crippen molar-refractivity contribution in [3.8, 4) is 0 Å². The number of carbonyl (C=O) groups is 2. The van der Waals surface area contributed by atoms with Crippen LogP contribution >= 0.6 is 34.2 Å². The Morgan fingerprint density at radius 2 is 2.00 bits per heavy atom. The second kappa shape index (κ2) is 8.55. The first-order chi connectivity index (χ1) is 12.5. The SMILES string of the molecule is O=C(/C=C/C1CC(Nc2cc(Cl)ccc2I)C(=O)O1)Nc1ccccc1. The summed E-state index contributed by atoms with van der Waals surface area (Å²) >= 11 is 8.17. The van der Waals surface area contributed by atoms with E-state index in [1.54, 1.807) is 30.3 Å². The monoisotopic (exact) mass is 482 g/mol. The predicted octanol–water partition coefficient (Wildman–Crippen LogP) is 4.24. The molecular formula is C19H16ClIN2O3. The summed E-state index contributed by atoms with van der Waals surface area (Å²) in [6.45, 7) is 0. The first kappa shape index (κ1) is 18.7. The van der Waals surface area contributed by atoms with Gasteiger partial charge in [-0.3, -0.25) is 4.79 Å². The van der Waals surface area contributed by atoms with Crippen LogP contribution in [-0.4, -0.2) is 24.0 Å². The van der Waals surface area contributed by atoms with Gasteiger partial charge in [0.25, 0.3) is 0 Å². The molecule has 7 heteroatoms. The molecule has 2 aromatic carbocycles. The summed E-state index contributed by atoms with van der Waals surface area (Å²) in [5.74, 6) is -0.619. The molecular weight excluding hydrogens is 467 g/mol. The minimum absolute atomic E-state index is 0.270. The normalized spacial score (nSPS) is 19.4. The lowest BCUT2D eigenvalue weighted by atomic mass is 10.1. The maximum absolute atomic E-state index is 12.1. The summed E-state index contributed by atoms with van der Waals surface area (Å²) in [7, 11) is 0. The summed E-state index contributed by atoms with van der Waals surface area (Å²) in [5, 5.41) is 6.49. The van der Waals surface area contributed by atoms with Crippen molar-refractivity contribution in [2.24, 2.45) is 0 Å². The number of esters is 1. The molecule has 0 saturated carbocycles. The van der Waals surface area contributed by atoms with Crippen LogP contribution in [0.3, 0.4) is 0 Å². The second-order valence-corrected chi connectivity index (χ2v) is 7.35. The standard InChI is InChI=1S/C19H16ClIN2O3/c20-12-6-8-15(21)16(10-12)23-17-11-14(26-19(17)25)7-9-18(24)22-13-4-2-1-3-5-13/h1-10,14,17,23H,11H2,(H,22,24)/b9-7+. The van der Waals surface area contributed by atoms with Crippen molar-refractivity contribution in [2.75, 3.05) is 10.6 Å². The van der Waals surface area contributed by atoms with Crippen LogP contribution in [0.15, 0.2) is 60.7 Å². The summed E-state index contributed by atoms with van der Waals surface area (Å²) in [6, 6.07) is 14.1. The minimum atomic E-state index is -0.478. The Labute approximate surface area is 169 Å². The predicted molar refractivity (Wildman–Crippen MR) is 110 cm³/mol. The van der Waals surface area contributed by atoms with E-state index >= 15 is 0 Å². The second-order valence-electron chi connectivity index (χ2n) is 5.75.